The molecule has 1 aliphatic carbocycles. The zero-order valence-corrected chi connectivity index (χ0v) is 14.8. The number of rotatable bonds is 5. The van der Waals surface area contributed by atoms with Crippen LogP contribution in [0.15, 0.2) is 30.3 Å². The Kier molecular flexibility index (Phi) is 5.46. The van der Waals surface area contributed by atoms with Crippen LogP contribution in [0.3, 0.4) is 0 Å². The molecule has 3 rings (SSSR count). The molecule has 0 spiro atoms. The first kappa shape index (κ1) is 17.6. The highest BCUT2D eigenvalue weighted by molar-refractivity contribution is 5.74. The van der Waals surface area contributed by atoms with Crippen molar-refractivity contribution in [1.82, 2.24) is 15.5 Å². The van der Waals surface area contributed by atoms with E-state index in [1.165, 1.54) is 5.56 Å². The van der Waals surface area contributed by atoms with Gasteiger partial charge >= 0.3 is 12.1 Å². The number of carbonyl (C=O) groups excluding carboxylic acids is 2. The fourth-order valence-electron chi connectivity index (χ4n) is 3.42. The minimum atomic E-state index is -0.260. The number of urea groups is 1. The number of hydrogen-bond donors (Lipinski definition) is 2. The number of benzene rings is 1. The number of nitrogens with zero attached hydrogens (tertiary/aromatic N) is 1. The van der Waals surface area contributed by atoms with Crippen LogP contribution in [0.2, 0.25) is 0 Å². The van der Waals surface area contributed by atoms with Gasteiger partial charge in [-0.25, -0.2) is 9.59 Å². The van der Waals surface area contributed by atoms with Gasteiger partial charge in [-0.05, 0) is 38.2 Å². The van der Waals surface area contributed by atoms with Gasteiger partial charge < -0.3 is 20.3 Å². The Morgan fingerprint density at radius 2 is 1.88 bits per heavy atom. The van der Waals surface area contributed by atoms with Crippen molar-refractivity contribution in [2.24, 2.45) is 0 Å². The number of hydrogen-bond acceptors (Lipinski definition) is 3. The molecule has 1 saturated heterocycles. The van der Waals surface area contributed by atoms with Crippen molar-refractivity contribution in [2.75, 3.05) is 26.2 Å². The summed E-state index contributed by atoms with van der Waals surface area (Å²) >= 11 is 0. The number of nitrogens with one attached hydrogen (secondary N) is 2. The molecular formula is C19H27N3O3. The molecule has 136 valence electrons. The first-order valence-electron chi connectivity index (χ1n) is 9.14. The van der Waals surface area contributed by atoms with Crippen LogP contribution >= 0.6 is 0 Å². The van der Waals surface area contributed by atoms with Crippen LogP contribution in [0.25, 0.3) is 0 Å². The third-order valence-corrected chi connectivity index (χ3v) is 5.18. The summed E-state index contributed by atoms with van der Waals surface area (Å²) in [7, 11) is 0. The SMILES string of the molecule is CCOC(=O)N1CCC(NC(=O)NCC2(c3ccccc3)CC2)CC1. The lowest BCUT2D eigenvalue weighted by molar-refractivity contribution is 0.0957. The van der Waals surface area contributed by atoms with E-state index in [0.29, 0.717) is 26.2 Å². The van der Waals surface area contributed by atoms with Crippen molar-refractivity contribution < 1.29 is 14.3 Å². The Morgan fingerprint density at radius 3 is 2.48 bits per heavy atom. The number of ether oxygens (including phenoxy) is 1. The Morgan fingerprint density at radius 1 is 1.20 bits per heavy atom. The van der Waals surface area contributed by atoms with Crippen molar-refractivity contribution in [1.29, 1.82) is 0 Å². The normalized spacial score (nSPS) is 19.2. The molecule has 0 atom stereocenters. The van der Waals surface area contributed by atoms with Crippen LogP contribution in [0.4, 0.5) is 9.59 Å². The molecule has 1 aliphatic heterocycles. The molecule has 6 heteroatoms. The highest BCUT2D eigenvalue weighted by Gasteiger charge is 2.44. The number of piperidine rings is 1. The molecule has 25 heavy (non-hydrogen) atoms. The molecular weight excluding hydrogens is 318 g/mol. The summed E-state index contributed by atoms with van der Waals surface area (Å²) in [6, 6.07) is 10.4. The van der Waals surface area contributed by atoms with Gasteiger partial charge in [0.15, 0.2) is 0 Å². The minimum Gasteiger partial charge on any atom is -0.450 e. The average molecular weight is 345 g/mol. The Bertz CT molecular complexity index is 593. The predicted octanol–water partition coefficient (Wildman–Crippen LogP) is 2.64. The fourth-order valence-corrected chi connectivity index (χ4v) is 3.42. The zero-order chi connectivity index (χ0) is 17.7. The average Bonchev–Trinajstić information content (AvgIpc) is 3.43. The standard InChI is InChI=1S/C19H27N3O3/c1-2-25-18(24)22-12-8-16(9-13-22)21-17(23)20-14-19(10-11-19)15-6-4-3-5-7-15/h3-7,16H,2,8-14H2,1H3,(H2,20,21,23). The summed E-state index contributed by atoms with van der Waals surface area (Å²) in [5.41, 5.74) is 1.42. The molecule has 1 saturated carbocycles. The van der Waals surface area contributed by atoms with Gasteiger partial charge in [0.05, 0.1) is 6.61 Å². The van der Waals surface area contributed by atoms with Crippen LogP contribution in [-0.4, -0.2) is 49.3 Å². The topological polar surface area (TPSA) is 70.7 Å². The maximum atomic E-state index is 12.2. The van der Waals surface area contributed by atoms with Crippen LogP contribution in [0.5, 0.6) is 0 Å². The van der Waals surface area contributed by atoms with E-state index < -0.39 is 0 Å². The van der Waals surface area contributed by atoms with Gasteiger partial charge in [0, 0.05) is 31.1 Å². The highest BCUT2D eigenvalue weighted by atomic mass is 16.6. The molecule has 2 N–H and O–H groups in total. The smallest absolute Gasteiger partial charge is 0.409 e. The molecule has 1 heterocycles. The van der Waals surface area contributed by atoms with Crippen molar-refractivity contribution in [3.8, 4) is 0 Å². The second-order valence-electron chi connectivity index (χ2n) is 6.93. The van der Waals surface area contributed by atoms with Gasteiger partial charge in [-0.2, -0.15) is 0 Å². The molecule has 0 radical (unpaired) electrons. The van der Waals surface area contributed by atoms with Crippen molar-refractivity contribution >= 4 is 12.1 Å². The summed E-state index contributed by atoms with van der Waals surface area (Å²) < 4.78 is 5.01. The van der Waals surface area contributed by atoms with E-state index in [9.17, 15) is 9.59 Å². The van der Waals surface area contributed by atoms with E-state index in [1.54, 1.807) is 11.8 Å². The van der Waals surface area contributed by atoms with Crippen LogP contribution in [-0.2, 0) is 10.2 Å². The minimum absolute atomic E-state index is 0.109. The third-order valence-electron chi connectivity index (χ3n) is 5.18. The fraction of sp³-hybridized carbons (Fsp3) is 0.579. The van der Waals surface area contributed by atoms with Gasteiger partial charge in [-0.1, -0.05) is 30.3 Å². The quantitative estimate of drug-likeness (QED) is 0.862. The second kappa shape index (κ2) is 7.76. The van der Waals surface area contributed by atoms with Crippen LogP contribution in [0, 0.1) is 0 Å². The molecule has 0 unspecified atom stereocenters. The third kappa shape index (κ3) is 4.44. The Balaban J connectivity index is 1.40. The number of likely N-dealkylation sites (tertiary alicyclic amines) is 1. The molecule has 6 nitrogen and oxygen atoms in total. The summed E-state index contributed by atoms with van der Waals surface area (Å²) in [6.07, 6.45) is 3.50. The van der Waals surface area contributed by atoms with Gasteiger partial charge in [0.2, 0.25) is 0 Å². The lowest BCUT2D eigenvalue weighted by atomic mass is 9.96. The largest absolute Gasteiger partial charge is 0.450 e. The molecule has 3 amide bonds. The second-order valence-corrected chi connectivity index (χ2v) is 6.93. The van der Waals surface area contributed by atoms with Gasteiger partial charge in [0.25, 0.3) is 0 Å². The molecule has 2 fully saturated rings. The molecule has 0 bridgehead atoms. The van der Waals surface area contributed by atoms with Crippen molar-refractivity contribution in [2.45, 2.75) is 44.1 Å². The number of carbonyl (C=O) groups is 2. The molecule has 1 aromatic rings. The van der Waals surface area contributed by atoms with E-state index in [1.807, 2.05) is 18.2 Å². The van der Waals surface area contributed by atoms with E-state index >= 15 is 0 Å². The molecule has 1 aromatic carbocycles. The maximum absolute atomic E-state index is 12.2. The Labute approximate surface area is 148 Å². The van der Waals surface area contributed by atoms with Crippen molar-refractivity contribution in [3.63, 3.8) is 0 Å². The first-order valence-corrected chi connectivity index (χ1v) is 9.14. The Hall–Kier alpha value is -2.24. The summed E-state index contributed by atoms with van der Waals surface area (Å²) in [4.78, 5) is 25.6. The van der Waals surface area contributed by atoms with Crippen molar-refractivity contribution in [3.05, 3.63) is 35.9 Å². The summed E-state index contributed by atoms with van der Waals surface area (Å²) in [6.45, 7) is 4.11. The van der Waals surface area contributed by atoms with E-state index in [2.05, 4.69) is 22.8 Å². The van der Waals surface area contributed by atoms with Crippen LogP contribution in [0.1, 0.15) is 38.2 Å². The predicted molar refractivity (Wildman–Crippen MR) is 95.5 cm³/mol. The summed E-state index contributed by atoms with van der Waals surface area (Å²) in [5.74, 6) is 0. The van der Waals surface area contributed by atoms with Gasteiger partial charge in [0.1, 0.15) is 0 Å². The highest BCUT2D eigenvalue weighted by Crippen LogP contribution is 2.47. The van der Waals surface area contributed by atoms with E-state index in [0.717, 1.165) is 25.7 Å². The van der Waals surface area contributed by atoms with Crippen LogP contribution < -0.4 is 10.6 Å². The summed E-state index contributed by atoms with van der Waals surface area (Å²) in [5, 5.41) is 6.06. The molecule has 0 aromatic heterocycles. The molecule has 2 aliphatic rings. The van der Waals surface area contributed by atoms with E-state index in [-0.39, 0.29) is 23.6 Å². The lowest BCUT2D eigenvalue weighted by Crippen LogP contribution is -2.50. The monoisotopic (exact) mass is 345 g/mol. The van der Waals surface area contributed by atoms with Gasteiger partial charge in [-0.3, -0.25) is 0 Å². The lowest BCUT2D eigenvalue weighted by Gasteiger charge is -2.31. The van der Waals surface area contributed by atoms with E-state index in [4.69, 9.17) is 4.74 Å². The zero-order valence-electron chi connectivity index (χ0n) is 14.8. The first-order chi connectivity index (χ1) is 12.1. The number of amides is 3. The van der Waals surface area contributed by atoms with Gasteiger partial charge in [-0.15, -0.1) is 0 Å². The maximum Gasteiger partial charge on any atom is 0.409 e.